The van der Waals surface area contributed by atoms with Gasteiger partial charge in [0.1, 0.15) is 12.2 Å². The summed E-state index contributed by atoms with van der Waals surface area (Å²) in [5.41, 5.74) is 0.229. The summed E-state index contributed by atoms with van der Waals surface area (Å²) in [5, 5.41) is 0. The van der Waals surface area contributed by atoms with E-state index in [1.165, 1.54) is 6.42 Å². The second kappa shape index (κ2) is 18.0. The Kier molecular flexibility index (Phi) is 14.1. The highest BCUT2D eigenvalue weighted by Crippen LogP contribution is 2.46. The van der Waals surface area contributed by atoms with Crippen LogP contribution in [0, 0.1) is 11.8 Å². The summed E-state index contributed by atoms with van der Waals surface area (Å²) in [6.07, 6.45) is 7.79. The molecule has 0 radical (unpaired) electrons. The van der Waals surface area contributed by atoms with Gasteiger partial charge in [-0.25, -0.2) is 0 Å². The second-order valence-electron chi connectivity index (χ2n) is 19.5. The van der Waals surface area contributed by atoms with Gasteiger partial charge in [-0.15, -0.1) is 0 Å². The predicted molar refractivity (Wildman–Crippen MR) is 225 cm³/mol. The smallest absolute Gasteiger partial charge is 0.307 e. The number of amides is 2. The summed E-state index contributed by atoms with van der Waals surface area (Å²) < 4.78 is 12.9. The number of hydrogen-bond acceptors (Lipinski definition) is 7. The van der Waals surface area contributed by atoms with Gasteiger partial charge in [-0.3, -0.25) is 24.1 Å². The third-order valence-electron chi connectivity index (χ3n) is 13.6. The van der Waals surface area contributed by atoms with Gasteiger partial charge in [-0.1, -0.05) is 79.9 Å². The van der Waals surface area contributed by atoms with Crippen molar-refractivity contribution in [3.63, 3.8) is 0 Å². The van der Waals surface area contributed by atoms with E-state index in [-0.39, 0.29) is 60.6 Å². The molecule has 2 heterocycles. The Hall–Kier alpha value is -3.72. The van der Waals surface area contributed by atoms with Crippen LogP contribution in [-0.4, -0.2) is 91.9 Å². The topological polar surface area (TPSA) is 96.5 Å². The van der Waals surface area contributed by atoms with Gasteiger partial charge in [0.15, 0.2) is 0 Å². The summed E-state index contributed by atoms with van der Waals surface area (Å²) in [7, 11) is 0. The third kappa shape index (κ3) is 10.5. The van der Waals surface area contributed by atoms with Crippen molar-refractivity contribution in [2.24, 2.45) is 11.8 Å². The number of carbonyl (C=O) groups is 4. The molecule has 2 aliphatic heterocycles. The molecule has 0 aromatic heterocycles. The van der Waals surface area contributed by atoms with Crippen molar-refractivity contribution in [1.82, 2.24) is 14.7 Å². The fourth-order valence-electron chi connectivity index (χ4n) is 11.5. The van der Waals surface area contributed by atoms with Crippen molar-refractivity contribution >= 4 is 23.8 Å². The Balaban J connectivity index is 1.28. The fourth-order valence-corrected chi connectivity index (χ4v) is 11.5. The minimum atomic E-state index is -0.546. The molecule has 2 amide bonds. The van der Waals surface area contributed by atoms with Gasteiger partial charge in [-0.2, -0.15) is 0 Å². The lowest BCUT2D eigenvalue weighted by molar-refractivity contribution is -0.181. The molecule has 57 heavy (non-hydrogen) atoms. The first kappa shape index (κ1) is 44.4. The lowest BCUT2D eigenvalue weighted by atomic mass is 9.68. The highest BCUT2D eigenvalue weighted by Gasteiger charge is 2.55. The van der Waals surface area contributed by atoms with Crippen LogP contribution in [-0.2, 0) is 41.5 Å². The van der Waals surface area contributed by atoms with Crippen LogP contribution >= 0.6 is 0 Å². The highest BCUT2D eigenvalue weighted by molar-refractivity contribution is 5.76. The van der Waals surface area contributed by atoms with Crippen LogP contribution in [0.4, 0.5) is 0 Å². The molecule has 2 aromatic rings. The van der Waals surface area contributed by atoms with Crippen molar-refractivity contribution in [3.05, 3.63) is 71.8 Å². The number of benzene rings is 2. The van der Waals surface area contributed by atoms with Gasteiger partial charge in [0.05, 0.1) is 12.8 Å². The van der Waals surface area contributed by atoms with E-state index in [0.717, 1.165) is 36.8 Å². The molecule has 1 aliphatic carbocycles. The first-order valence-electron chi connectivity index (χ1n) is 21.6. The molecule has 0 spiro atoms. The summed E-state index contributed by atoms with van der Waals surface area (Å²) in [4.78, 5) is 60.1. The van der Waals surface area contributed by atoms with E-state index in [0.29, 0.717) is 44.8 Å². The maximum absolute atomic E-state index is 13.9. The van der Waals surface area contributed by atoms with Crippen LogP contribution in [0.5, 0.6) is 0 Å². The van der Waals surface area contributed by atoms with Gasteiger partial charge in [0.2, 0.25) is 11.8 Å². The summed E-state index contributed by atoms with van der Waals surface area (Å²) in [6.45, 7) is 21.0. The van der Waals surface area contributed by atoms with Gasteiger partial charge in [0, 0.05) is 79.8 Å². The number of rotatable bonds is 13. The number of hydrogen-bond donors (Lipinski definition) is 0. The Morgan fingerprint density at radius 1 is 0.596 bits per heavy atom. The number of likely N-dealkylation sites (tertiary alicyclic amines) is 2. The van der Waals surface area contributed by atoms with Crippen LogP contribution in [0.3, 0.4) is 0 Å². The molecule has 314 valence electrons. The molecule has 3 aliphatic rings. The summed E-state index contributed by atoms with van der Waals surface area (Å²) in [5.74, 6) is -0.615. The first-order chi connectivity index (χ1) is 26.7. The van der Waals surface area contributed by atoms with Crippen molar-refractivity contribution in [3.8, 4) is 0 Å². The van der Waals surface area contributed by atoms with Crippen LogP contribution < -0.4 is 0 Å². The van der Waals surface area contributed by atoms with Crippen molar-refractivity contribution < 1.29 is 28.7 Å². The van der Waals surface area contributed by atoms with E-state index in [9.17, 15) is 19.2 Å². The predicted octanol–water partition coefficient (Wildman–Crippen LogP) is 8.56. The maximum Gasteiger partial charge on any atom is 0.307 e. The third-order valence-corrected chi connectivity index (χ3v) is 13.6. The van der Waals surface area contributed by atoms with Gasteiger partial charge >= 0.3 is 11.9 Å². The molecule has 3 fully saturated rings. The fraction of sp³-hybridized carbons (Fsp3) is 0.667. The summed E-state index contributed by atoms with van der Waals surface area (Å²) in [6, 6.07) is 20.8. The van der Waals surface area contributed by atoms with Crippen LogP contribution in [0.2, 0.25) is 0 Å². The van der Waals surface area contributed by atoms with Gasteiger partial charge < -0.3 is 19.3 Å². The average Bonchev–Trinajstić information content (AvgIpc) is 3.11. The minimum Gasteiger partial charge on any atom is -0.462 e. The molecule has 9 heteroatoms. The Bertz CT molecular complexity index is 1570. The molecule has 0 N–H and O–H groups in total. The quantitative estimate of drug-likeness (QED) is 0.188. The number of nitrogens with zero attached hydrogens (tertiary/aromatic N) is 3. The monoisotopic (exact) mass is 786 g/mol. The molecule has 4 unspecified atom stereocenters. The van der Waals surface area contributed by atoms with E-state index in [1.807, 2.05) is 46.2 Å². The zero-order valence-electron chi connectivity index (χ0n) is 36.6. The largest absolute Gasteiger partial charge is 0.462 e. The number of ether oxygens (including phenoxy) is 2. The first-order valence-corrected chi connectivity index (χ1v) is 21.6. The normalized spacial score (nSPS) is 25.5. The Morgan fingerprint density at radius 2 is 0.965 bits per heavy atom. The molecular formula is C48H71N3O6. The highest BCUT2D eigenvalue weighted by atomic mass is 16.5. The van der Waals surface area contributed by atoms with Crippen molar-refractivity contribution in [1.29, 1.82) is 0 Å². The van der Waals surface area contributed by atoms with E-state index in [2.05, 4.69) is 84.6 Å². The Labute approximate surface area is 343 Å². The van der Waals surface area contributed by atoms with E-state index < -0.39 is 22.2 Å². The van der Waals surface area contributed by atoms with Crippen LogP contribution in [0.1, 0.15) is 138 Å². The molecule has 2 aromatic carbocycles. The zero-order chi connectivity index (χ0) is 41.8. The standard InChI is InChI=1S/C48H71N3O6/c1-34(52)50-45(3,4)32-41(39(47(50,7)8)30-36-20-14-11-15-21-36)56-43(54)26-28-49(38-24-18-13-19-25-38)29-27-44(55)57-42-33-46(5,6)51(35(2)53)48(9,10)40(42)31-37-22-16-12-17-23-37/h11-12,14-17,20-23,38-42H,13,18-19,24-33H2,1-10H3. The average molecular weight is 786 g/mol. The molecule has 4 atom stereocenters. The minimum absolute atomic E-state index is 0.0233. The summed E-state index contributed by atoms with van der Waals surface area (Å²) >= 11 is 0. The maximum atomic E-state index is 13.9. The van der Waals surface area contributed by atoms with E-state index >= 15 is 0 Å². The van der Waals surface area contributed by atoms with E-state index in [4.69, 9.17) is 9.47 Å². The molecule has 0 bridgehead atoms. The molecule has 1 saturated carbocycles. The van der Waals surface area contributed by atoms with E-state index in [1.54, 1.807) is 13.8 Å². The lowest BCUT2D eigenvalue weighted by Gasteiger charge is -2.58. The Morgan fingerprint density at radius 3 is 1.32 bits per heavy atom. The lowest BCUT2D eigenvalue weighted by Crippen LogP contribution is -2.68. The molecule has 2 saturated heterocycles. The van der Waals surface area contributed by atoms with Crippen LogP contribution in [0.15, 0.2) is 60.7 Å². The van der Waals surface area contributed by atoms with Crippen LogP contribution in [0.25, 0.3) is 0 Å². The SMILES string of the molecule is CC(=O)N1C(C)(C)CC(OC(=O)CCN(CCC(=O)OC2CC(C)(C)N(C(C)=O)C(C)(C)C2Cc2ccccc2)C2CCCCC2)C(Cc2ccccc2)C1(C)C. The van der Waals surface area contributed by atoms with Gasteiger partial charge in [0.25, 0.3) is 0 Å². The molecular weight excluding hydrogens is 715 g/mol. The number of esters is 2. The zero-order valence-corrected chi connectivity index (χ0v) is 36.6. The number of carbonyl (C=O) groups excluding carboxylic acids is 4. The van der Waals surface area contributed by atoms with Crippen molar-refractivity contribution in [2.75, 3.05) is 13.1 Å². The second-order valence-corrected chi connectivity index (χ2v) is 19.5. The number of piperidine rings is 2. The molecule has 5 rings (SSSR count). The van der Waals surface area contributed by atoms with Crippen molar-refractivity contribution in [2.45, 2.75) is 180 Å². The van der Waals surface area contributed by atoms with Gasteiger partial charge in [-0.05, 0) is 92.2 Å². The molecule has 9 nitrogen and oxygen atoms in total.